The molecule has 0 spiro atoms. The number of nitrogens with zero attached hydrogens (tertiary/aromatic N) is 3. The zero-order chi connectivity index (χ0) is 20.5. The number of hydrogen-bond acceptors (Lipinski definition) is 4. The van der Waals surface area contributed by atoms with Crippen molar-refractivity contribution in [1.29, 1.82) is 0 Å². The third-order valence-corrected chi connectivity index (χ3v) is 6.02. The molecule has 0 saturated carbocycles. The zero-order valence-corrected chi connectivity index (χ0v) is 18.3. The van der Waals surface area contributed by atoms with Gasteiger partial charge in [0.05, 0.1) is 19.0 Å². The molecule has 1 unspecified atom stereocenters. The highest BCUT2D eigenvalue weighted by molar-refractivity contribution is 7.17. The number of carbonyl (C=O) groups is 1. The molecule has 3 heterocycles. The standard InChI is InChI=1S/C22H27N4O2P/c1-14-8-19(25(3)15(14)2)16-4-5-17-11-23-20(10-18(17)9-16)24-21(27)12-26-6-7-28-22(29)13-26/h4-5,8-11,22H,6-7,12-13,29H2,1-3H3,(H,23,24,27)/t22-/m0/s1. The monoisotopic (exact) mass is 410 g/mol. The Kier molecular flexibility index (Phi) is 5.68. The van der Waals surface area contributed by atoms with Crippen LogP contribution in [0, 0.1) is 13.8 Å². The second-order valence-electron chi connectivity index (χ2n) is 7.68. The van der Waals surface area contributed by atoms with Crippen molar-refractivity contribution < 1.29 is 9.53 Å². The van der Waals surface area contributed by atoms with Crippen molar-refractivity contribution in [2.45, 2.75) is 19.7 Å². The van der Waals surface area contributed by atoms with Crippen LogP contribution in [-0.2, 0) is 16.6 Å². The number of amides is 1. The highest BCUT2D eigenvalue weighted by Gasteiger charge is 2.19. The van der Waals surface area contributed by atoms with E-state index >= 15 is 0 Å². The van der Waals surface area contributed by atoms with E-state index in [-0.39, 0.29) is 11.8 Å². The van der Waals surface area contributed by atoms with Crippen LogP contribution in [0.25, 0.3) is 22.0 Å². The van der Waals surface area contributed by atoms with Crippen molar-refractivity contribution >= 4 is 31.7 Å². The molecule has 0 radical (unpaired) electrons. The first-order valence-electron chi connectivity index (χ1n) is 9.83. The van der Waals surface area contributed by atoms with Gasteiger partial charge in [0.15, 0.2) is 0 Å². The second kappa shape index (κ2) is 8.23. The summed E-state index contributed by atoms with van der Waals surface area (Å²) in [5.74, 6) is 0.605. The first-order valence-corrected chi connectivity index (χ1v) is 10.5. The summed E-state index contributed by atoms with van der Waals surface area (Å²) in [6.07, 6.45) is 1.81. The molecule has 1 amide bonds. The lowest BCUT2D eigenvalue weighted by atomic mass is 10.1. The normalized spacial score (nSPS) is 17.6. The largest absolute Gasteiger partial charge is 0.372 e. The quantitative estimate of drug-likeness (QED) is 0.671. The second-order valence-corrected chi connectivity index (χ2v) is 8.42. The van der Waals surface area contributed by atoms with Crippen molar-refractivity contribution in [2.24, 2.45) is 7.05 Å². The van der Waals surface area contributed by atoms with E-state index in [9.17, 15) is 4.79 Å². The van der Waals surface area contributed by atoms with Gasteiger partial charge < -0.3 is 14.6 Å². The van der Waals surface area contributed by atoms with Crippen molar-refractivity contribution in [1.82, 2.24) is 14.5 Å². The van der Waals surface area contributed by atoms with E-state index in [1.165, 1.54) is 17.0 Å². The third kappa shape index (κ3) is 4.35. The van der Waals surface area contributed by atoms with Crippen LogP contribution in [-0.4, -0.2) is 52.4 Å². The van der Waals surface area contributed by atoms with Gasteiger partial charge in [-0.1, -0.05) is 12.1 Å². The van der Waals surface area contributed by atoms with Crippen LogP contribution in [0.3, 0.4) is 0 Å². The van der Waals surface area contributed by atoms with E-state index in [1.807, 2.05) is 12.3 Å². The number of benzene rings is 1. The molecule has 1 fully saturated rings. The molecular weight excluding hydrogens is 383 g/mol. The van der Waals surface area contributed by atoms with Crippen molar-refractivity contribution in [2.75, 3.05) is 31.6 Å². The van der Waals surface area contributed by atoms with Gasteiger partial charge in [-0.3, -0.25) is 9.69 Å². The lowest BCUT2D eigenvalue weighted by molar-refractivity contribution is -0.118. The SMILES string of the molecule is Cc1cc(-c2ccc3cnc(NC(=O)CN4CCO[C@@H](P)C4)cc3c2)n(C)c1C. The number of aryl methyl sites for hydroxylation is 1. The first-order chi connectivity index (χ1) is 13.9. The van der Waals surface area contributed by atoms with Gasteiger partial charge in [-0.05, 0) is 48.6 Å². The Bertz CT molecular complexity index is 1060. The summed E-state index contributed by atoms with van der Waals surface area (Å²) in [5.41, 5.74) is 4.88. The van der Waals surface area contributed by atoms with E-state index in [0.29, 0.717) is 19.0 Å². The molecule has 0 bridgehead atoms. The number of nitrogens with one attached hydrogen (secondary N) is 1. The fourth-order valence-corrected chi connectivity index (χ4v) is 4.19. The minimum Gasteiger partial charge on any atom is -0.372 e. The van der Waals surface area contributed by atoms with E-state index in [2.05, 4.69) is 74.2 Å². The summed E-state index contributed by atoms with van der Waals surface area (Å²) >= 11 is 0. The number of aromatic nitrogens is 2. The maximum atomic E-state index is 12.5. The van der Waals surface area contributed by atoms with Gasteiger partial charge in [-0.2, -0.15) is 0 Å². The van der Waals surface area contributed by atoms with Crippen LogP contribution in [0.5, 0.6) is 0 Å². The molecular formula is C22H27N4O2P. The number of rotatable bonds is 4. The Hall–Kier alpha value is -2.27. The smallest absolute Gasteiger partial charge is 0.239 e. The van der Waals surface area contributed by atoms with Crippen molar-refractivity contribution in [3.8, 4) is 11.3 Å². The van der Waals surface area contributed by atoms with Gasteiger partial charge >= 0.3 is 0 Å². The molecule has 7 heteroatoms. The highest BCUT2D eigenvalue weighted by atomic mass is 31.0. The zero-order valence-electron chi connectivity index (χ0n) is 17.1. The van der Waals surface area contributed by atoms with Gasteiger partial charge in [0.25, 0.3) is 0 Å². The summed E-state index contributed by atoms with van der Waals surface area (Å²) in [7, 11) is 4.74. The summed E-state index contributed by atoms with van der Waals surface area (Å²) in [6.45, 7) is 6.76. The average molecular weight is 410 g/mol. The molecule has 1 N–H and O–H groups in total. The molecule has 1 aliphatic heterocycles. The predicted molar refractivity (Wildman–Crippen MR) is 120 cm³/mol. The summed E-state index contributed by atoms with van der Waals surface area (Å²) in [5, 5.41) is 5.04. The number of hydrogen-bond donors (Lipinski definition) is 1. The Morgan fingerprint density at radius 1 is 1.28 bits per heavy atom. The maximum Gasteiger partial charge on any atom is 0.239 e. The molecule has 1 aliphatic rings. The molecule has 6 nitrogen and oxygen atoms in total. The van der Waals surface area contributed by atoms with Crippen LogP contribution in [0.1, 0.15) is 11.3 Å². The molecule has 1 saturated heterocycles. The van der Waals surface area contributed by atoms with Gasteiger partial charge in [-0.25, -0.2) is 4.98 Å². The van der Waals surface area contributed by atoms with Crippen LogP contribution >= 0.6 is 9.24 Å². The first kappa shape index (κ1) is 20.0. The van der Waals surface area contributed by atoms with E-state index in [1.54, 1.807) is 0 Å². The Balaban J connectivity index is 1.53. The molecule has 152 valence electrons. The lowest BCUT2D eigenvalue weighted by Gasteiger charge is -2.30. The number of morpholine rings is 1. The molecule has 2 atom stereocenters. The molecule has 3 aromatic rings. The summed E-state index contributed by atoms with van der Waals surface area (Å²) < 4.78 is 7.71. The fourth-order valence-electron chi connectivity index (χ4n) is 3.76. The lowest BCUT2D eigenvalue weighted by Crippen LogP contribution is -2.43. The number of fused-ring (bicyclic) bond motifs is 1. The minimum atomic E-state index is -0.0548. The predicted octanol–water partition coefficient (Wildman–Crippen LogP) is 3.33. The van der Waals surface area contributed by atoms with E-state index < -0.39 is 0 Å². The highest BCUT2D eigenvalue weighted by Crippen LogP contribution is 2.28. The maximum absolute atomic E-state index is 12.5. The summed E-state index contributed by atoms with van der Waals surface area (Å²) in [6, 6.07) is 10.5. The fraction of sp³-hybridized carbons (Fsp3) is 0.364. The van der Waals surface area contributed by atoms with Crippen LogP contribution < -0.4 is 5.32 Å². The number of pyridine rings is 1. The molecule has 1 aromatic carbocycles. The van der Waals surface area contributed by atoms with Gasteiger partial charge in [0, 0.05) is 43.1 Å². The number of carbonyl (C=O) groups excluding carboxylic acids is 1. The third-order valence-electron chi connectivity index (χ3n) is 5.62. The van der Waals surface area contributed by atoms with Crippen molar-refractivity contribution in [3.63, 3.8) is 0 Å². The van der Waals surface area contributed by atoms with Gasteiger partial charge in [-0.15, -0.1) is 9.24 Å². The van der Waals surface area contributed by atoms with E-state index in [4.69, 9.17) is 4.74 Å². The van der Waals surface area contributed by atoms with Crippen molar-refractivity contribution in [3.05, 3.63) is 47.8 Å². The van der Waals surface area contributed by atoms with Gasteiger partial charge in [0.2, 0.25) is 5.91 Å². The minimum absolute atomic E-state index is 0.0548. The summed E-state index contributed by atoms with van der Waals surface area (Å²) in [4.78, 5) is 19.0. The molecule has 0 aliphatic carbocycles. The number of ether oxygens (including phenoxy) is 1. The Morgan fingerprint density at radius 3 is 2.83 bits per heavy atom. The Morgan fingerprint density at radius 2 is 2.10 bits per heavy atom. The Labute approximate surface area is 173 Å². The number of anilines is 1. The van der Waals surface area contributed by atoms with E-state index in [0.717, 1.165) is 29.4 Å². The van der Waals surface area contributed by atoms with Gasteiger partial charge in [0.1, 0.15) is 5.82 Å². The molecule has 2 aromatic heterocycles. The molecule has 4 rings (SSSR count). The van der Waals surface area contributed by atoms with Crippen LogP contribution in [0.4, 0.5) is 5.82 Å². The molecule has 29 heavy (non-hydrogen) atoms. The van der Waals surface area contributed by atoms with Crippen LogP contribution in [0.15, 0.2) is 36.5 Å². The average Bonchev–Trinajstić information content (AvgIpc) is 2.94. The van der Waals surface area contributed by atoms with Crippen LogP contribution in [0.2, 0.25) is 0 Å². The topological polar surface area (TPSA) is 59.4 Å².